The van der Waals surface area contributed by atoms with Gasteiger partial charge in [0.15, 0.2) is 0 Å². The molecule has 0 aliphatic rings. The predicted molar refractivity (Wildman–Crippen MR) is 50.9 cm³/mol. The van der Waals surface area contributed by atoms with Crippen molar-refractivity contribution >= 4 is 21.6 Å². The molecule has 0 fully saturated rings. The van der Waals surface area contributed by atoms with Gasteiger partial charge in [-0.1, -0.05) is 41.1 Å². The number of hydrogen-bond acceptors (Lipinski definition) is 3. The first kappa shape index (κ1) is 8.51. The molecule has 11 heavy (non-hydrogen) atoms. The molecule has 0 N–H and O–H groups in total. The average molecular weight is 181 g/mol. The Kier molecular flexibility index (Phi) is 3.95. The van der Waals surface area contributed by atoms with Gasteiger partial charge in [-0.15, -0.1) is 0 Å². The summed E-state index contributed by atoms with van der Waals surface area (Å²) in [4.78, 5) is 0. The predicted octanol–water partition coefficient (Wildman–Crippen LogP) is 3.05. The third-order valence-corrected chi connectivity index (χ3v) is 2.74. The lowest BCUT2D eigenvalue weighted by Gasteiger charge is -1.94. The summed E-state index contributed by atoms with van der Waals surface area (Å²) in [6.07, 6.45) is 0. The van der Waals surface area contributed by atoms with E-state index in [4.69, 9.17) is 5.26 Å². The van der Waals surface area contributed by atoms with Crippen molar-refractivity contribution in [3.63, 3.8) is 0 Å². The number of hydrogen-bond donors (Lipinski definition) is 0. The van der Waals surface area contributed by atoms with Crippen molar-refractivity contribution in [2.24, 2.45) is 0 Å². The van der Waals surface area contributed by atoms with Crippen molar-refractivity contribution in [3.8, 4) is 5.40 Å². The van der Waals surface area contributed by atoms with Gasteiger partial charge in [0, 0.05) is 16.5 Å². The molecule has 0 saturated heterocycles. The van der Waals surface area contributed by atoms with Crippen LogP contribution in [0.5, 0.6) is 0 Å². The Morgan fingerprint density at radius 3 is 2.64 bits per heavy atom. The molecule has 56 valence electrons. The Morgan fingerprint density at radius 2 is 2.00 bits per heavy atom. The molecule has 1 nitrogen and oxygen atoms in total. The highest BCUT2D eigenvalue weighted by Crippen LogP contribution is 2.23. The molecular weight excluding hydrogens is 174 g/mol. The van der Waals surface area contributed by atoms with Crippen LogP contribution in [0.4, 0.5) is 0 Å². The van der Waals surface area contributed by atoms with E-state index < -0.39 is 0 Å². The first-order valence-corrected chi connectivity index (χ1v) is 5.47. The molecule has 1 rings (SSSR count). The molecule has 0 amide bonds. The molecule has 0 unspecified atom stereocenters. The molecule has 3 heteroatoms. The molecule has 0 radical (unpaired) electrons. The average Bonchev–Trinajstić information content (AvgIpc) is 2.07. The summed E-state index contributed by atoms with van der Waals surface area (Å²) in [5, 5.41) is 10.3. The van der Waals surface area contributed by atoms with Crippen molar-refractivity contribution < 1.29 is 0 Å². The van der Waals surface area contributed by atoms with E-state index in [-0.39, 0.29) is 0 Å². The Balaban J connectivity index is 2.35. The van der Waals surface area contributed by atoms with Crippen LogP contribution in [0.2, 0.25) is 0 Å². The molecule has 0 aliphatic heterocycles. The first-order valence-electron chi connectivity index (χ1n) is 3.15. The zero-order valence-corrected chi connectivity index (χ0v) is 7.49. The molecule has 0 spiro atoms. The Hall–Kier alpha value is -0.590. The molecular formula is C8H7NS2. The SMILES string of the molecule is N#CSSCc1ccccc1. The van der Waals surface area contributed by atoms with Gasteiger partial charge in [0.1, 0.15) is 5.40 Å². The largest absolute Gasteiger partial charge is 0.184 e. The normalized spacial score (nSPS) is 9.00. The number of nitrogens with zero attached hydrogens (tertiary/aromatic N) is 1. The van der Waals surface area contributed by atoms with E-state index in [1.807, 2.05) is 23.6 Å². The smallest absolute Gasteiger partial charge is 0.144 e. The number of thiocyanates is 1. The minimum atomic E-state index is 0.902. The summed E-state index contributed by atoms with van der Waals surface area (Å²) < 4.78 is 0. The van der Waals surface area contributed by atoms with Gasteiger partial charge in [0.25, 0.3) is 0 Å². The lowest BCUT2D eigenvalue weighted by Crippen LogP contribution is -1.74. The summed E-state index contributed by atoms with van der Waals surface area (Å²) in [5.74, 6) is 0.902. The fourth-order valence-electron chi connectivity index (χ4n) is 0.698. The van der Waals surface area contributed by atoms with Gasteiger partial charge in [-0.3, -0.25) is 0 Å². The van der Waals surface area contributed by atoms with E-state index in [0.717, 1.165) is 5.75 Å². The molecule has 1 aromatic carbocycles. The van der Waals surface area contributed by atoms with Crippen molar-refractivity contribution in [1.29, 1.82) is 5.26 Å². The summed E-state index contributed by atoms with van der Waals surface area (Å²) in [7, 11) is 2.79. The lowest BCUT2D eigenvalue weighted by atomic mass is 10.2. The summed E-state index contributed by atoms with van der Waals surface area (Å²) >= 11 is 0. The zero-order valence-electron chi connectivity index (χ0n) is 5.86. The third-order valence-electron chi connectivity index (χ3n) is 1.16. The number of benzene rings is 1. The highest BCUT2D eigenvalue weighted by atomic mass is 33.1. The topological polar surface area (TPSA) is 23.8 Å². The van der Waals surface area contributed by atoms with Crippen LogP contribution in [0, 0.1) is 10.7 Å². The van der Waals surface area contributed by atoms with Crippen molar-refractivity contribution in [2.75, 3.05) is 0 Å². The first-order chi connectivity index (χ1) is 5.43. The van der Waals surface area contributed by atoms with Gasteiger partial charge in [-0.25, -0.2) is 0 Å². The van der Waals surface area contributed by atoms with Gasteiger partial charge in [0.05, 0.1) is 0 Å². The van der Waals surface area contributed by atoms with Gasteiger partial charge < -0.3 is 0 Å². The Labute approximate surface area is 74.2 Å². The Morgan fingerprint density at radius 1 is 1.27 bits per heavy atom. The molecule has 0 aliphatic carbocycles. The fraction of sp³-hybridized carbons (Fsp3) is 0.125. The highest BCUT2D eigenvalue weighted by molar-refractivity contribution is 8.78. The van der Waals surface area contributed by atoms with Crippen LogP contribution in [-0.2, 0) is 5.75 Å². The fourth-order valence-corrected chi connectivity index (χ4v) is 1.88. The van der Waals surface area contributed by atoms with E-state index in [1.165, 1.54) is 16.4 Å². The number of rotatable bonds is 3. The van der Waals surface area contributed by atoms with Crippen molar-refractivity contribution in [3.05, 3.63) is 35.9 Å². The standard InChI is InChI=1S/C8H7NS2/c9-7-11-10-6-8-4-2-1-3-5-8/h1-5H,6H2. The molecule has 0 heterocycles. The van der Waals surface area contributed by atoms with Gasteiger partial charge in [-0.05, 0) is 5.56 Å². The zero-order chi connectivity index (χ0) is 7.94. The summed E-state index contributed by atoms with van der Waals surface area (Å²) in [5.41, 5.74) is 1.26. The van der Waals surface area contributed by atoms with E-state index in [9.17, 15) is 0 Å². The second-order valence-electron chi connectivity index (χ2n) is 1.92. The van der Waals surface area contributed by atoms with Crippen LogP contribution in [0.25, 0.3) is 0 Å². The van der Waals surface area contributed by atoms with Crippen LogP contribution < -0.4 is 0 Å². The van der Waals surface area contributed by atoms with Gasteiger partial charge in [0.2, 0.25) is 0 Å². The summed E-state index contributed by atoms with van der Waals surface area (Å²) in [6.45, 7) is 0. The minimum Gasteiger partial charge on any atom is -0.184 e. The monoisotopic (exact) mass is 181 g/mol. The van der Waals surface area contributed by atoms with Gasteiger partial charge in [-0.2, -0.15) is 5.26 Å². The molecule has 0 atom stereocenters. The van der Waals surface area contributed by atoms with Crippen LogP contribution in [0.3, 0.4) is 0 Å². The highest BCUT2D eigenvalue weighted by Gasteiger charge is 1.90. The maximum atomic E-state index is 8.24. The number of nitriles is 1. The van der Waals surface area contributed by atoms with E-state index >= 15 is 0 Å². The van der Waals surface area contributed by atoms with Crippen molar-refractivity contribution in [1.82, 2.24) is 0 Å². The lowest BCUT2D eigenvalue weighted by molar-refractivity contribution is 1.43. The van der Waals surface area contributed by atoms with Crippen LogP contribution in [0.15, 0.2) is 30.3 Å². The second kappa shape index (κ2) is 5.11. The molecule has 1 aromatic rings. The van der Waals surface area contributed by atoms with Gasteiger partial charge >= 0.3 is 0 Å². The Bertz CT molecular complexity index is 240. The van der Waals surface area contributed by atoms with E-state index in [0.29, 0.717) is 0 Å². The molecule has 0 saturated carbocycles. The second-order valence-corrected chi connectivity index (χ2v) is 4.00. The maximum Gasteiger partial charge on any atom is 0.144 e. The minimum absolute atomic E-state index is 0.902. The quantitative estimate of drug-likeness (QED) is 0.407. The van der Waals surface area contributed by atoms with Crippen molar-refractivity contribution in [2.45, 2.75) is 5.75 Å². The van der Waals surface area contributed by atoms with E-state index in [2.05, 4.69) is 12.1 Å². The third kappa shape index (κ3) is 3.35. The molecule has 0 bridgehead atoms. The van der Waals surface area contributed by atoms with Crippen LogP contribution >= 0.6 is 21.6 Å². The molecule has 0 aromatic heterocycles. The van der Waals surface area contributed by atoms with Crippen LogP contribution in [-0.4, -0.2) is 0 Å². The van der Waals surface area contributed by atoms with E-state index in [1.54, 1.807) is 10.8 Å². The van der Waals surface area contributed by atoms with Crippen LogP contribution in [0.1, 0.15) is 5.56 Å². The maximum absolute atomic E-state index is 8.24. The summed E-state index contributed by atoms with van der Waals surface area (Å²) in [6, 6.07) is 10.1.